The average Bonchev–Trinajstić information content (AvgIpc) is 2.42. The van der Waals surface area contributed by atoms with Crippen molar-refractivity contribution in [1.82, 2.24) is 4.98 Å². The van der Waals surface area contributed by atoms with Crippen molar-refractivity contribution >= 4 is 11.5 Å². The molecule has 0 aliphatic rings. The predicted molar refractivity (Wildman–Crippen MR) is 80.0 cm³/mol. The molecule has 6 heteroatoms. The van der Waals surface area contributed by atoms with Gasteiger partial charge in [0.15, 0.2) is 0 Å². The molecule has 0 aliphatic carbocycles. The molecule has 1 aromatic heterocycles. The zero-order chi connectivity index (χ0) is 14.8. The zero-order valence-electron chi connectivity index (χ0n) is 12.3. The molecule has 0 radical (unpaired) electrons. The highest BCUT2D eigenvalue weighted by molar-refractivity contribution is 5.53. The molecule has 0 unspecified atom stereocenters. The molecule has 114 valence electrons. The summed E-state index contributed by atoms with van der Waals surface area (Å²) >= 11 is 0. The summed E-state index contributed by atoms with van der Waals surface area (Å²) in [6.45, 7) is 6.53. The van der Waals surface area contributed by atoms with Crippen LogP contribution in [0.5, 0.6) is 5.88 Å². The van der Waals surface area contributed by atoms with Crippen LogP contribution in [0.4, 0.5) is 11.5 Å². The third-order valence-corrected chi connectivity index (χ3v) is 2.45. The van der Waals surface area contributed by atoms with Crippen molar-refractivity contribution < 1.29 is 14.6 Å². The van der Waals surface area contributed by atoms with Gasteiger partial charge in [0.2, 0.25) is 5.88 Å². The van der Waals surface area contributed by atoms with Gasteiger partial charge in [-0.3, -0.25) is 0 Å². The molecule has 4 N–H and O–H groups in total. The van der Waals surface area contributed by atoms with Crippen LogP contribution in [-0.2, 0) is 4.74 Å². The smallest absolute Gasteiger partial charge is 0.239 e. The van der Waals surface area contributed by atoms with Crippen LogP contribution in [-0.4, -0.2) is 43.1 Å². The molecule has 1 rings (SSSR count). The summed E-state index contributed by atoms with van der Waals surface area (Å²) in [6, 6.07) is 3.61. The van der Waals surface area contributed by atoms with E-state index in [1.165, 1.54) is 0 Å². The van der Waals surface area contributed by atoms with E-state index >= 15 is 0 Å². The van der Waals surface area contributed by atoms with Gasteiger partial charge in [-0.15, -0.1) is 0 Å². The van der Waals surface area contributed by atoms with Crippen molar-refractivity contribution in [3.63, 3.8) is 0 Å². The van der Waals surface area contributed by atoms with Gasteiger partial charge in [-0.1, -0.05) is 13.8 Å². The van der Waals surface area contributed by atoms with Crippen molar-refractivity contribution in [1.29, 1.82) is 0 Å². The van der Waals surface area contributed by atoms with Crippen molar-refractivity contribution in [2.24, 2.45) is 5.92 Å². The Bertz CT molecular complexity index is 386. The van der Waals surface area contributed by atoms with E-state index in [2.05, 4.69) is 24.1 Å². The quantitative estimate of drug-likeness (QED) is 0.564. The van der Waals surface area contributed by atoms with Crippen LogP contribution in [0, 0.1) is 5.92 Å². The molecule has 20 heavy (non-hydrogen) atoms. The minimum absolute atomic E-state index is 0.0590. The molecule has 0 spiro atoms. The Morgan fingerprint density at radius 1 is 1.35 bits per heavy atom. The second-order valence-corrected chi connectivity index (χ2v) is 4.91. The Kier molecular flexibility index (Phi) is 7.75. The second-order valence-electron chi connectivity index (χ2n) is 4.91. The number of nitrogen functional groups attached to an aromatic ring is 1. The van der Waals surface area contributed by atoms with Crippen molar-refractivity contribution in [3.8, 4) is 5.88 Å². The number of pyridine rings is 1. The minimum atomic E-state index is 0.0590. The molecule has 0 saturated carbocycles. The van der Waals surface area contributed by atoms with Crippen LogP contribution in [0.2, 0.25) is 0 Å². The van der Waals surface area contributed by atoms with Gasteiger partial charge in [0.05, 0.1) is 25.5 Å². The van der Waals surface area contributed by atoms with Crippen LogP contribution in [0.3, 0.4) is 0 Å². The minimum Gasteiger partial charge on any atom is -0.476 e. The van der Waals surface area contributed by atoms with Gasteiger partial charge in [0.25, 0.3) is 0 Å². The van der Waals surface area contributed by atoms with E-state index in [4.69, 9.17) is 20.3 Å². The SMILES string of the molecule is CC(C)COc1nc(NCCCOCCO)ccc1N. The fourth-order valence-corrected chi connectivity index (χ4v) is 1.47. The van der Waals surface area contributed by atoms with Gasteiger partial charge < -0.3 is 25.6 Å². The average molecular weight is 283 g/mol. The van der Waals surface area contributed by atoms with Gasteiger partial charge in [0.1, 0.15) is 5.82 Å². The first kappa shape index (κ1) is 16.5. The monoisotopic (exact) mass is 283 g/mol. The number of rotatable bonds is 10. The Morgan fingerprint density at radius 2 is 2.15 bits per heavy atom. The normalized spacial score (nSPS) is 10.8. The summed E-state index contributed by atoms with van der Waals surface area (Å²) in [5, 5.41) is 11.8. The number of aromatic nitrogens is 1. The first-order valence-electron chi connectivity index (χ1n) is 6.95. The third kappa shape index (κ3) is 6.58. The number of ether oxygens (including phenoxy) is 2. The zero-order valence-corrected chi connectivity index (χ0v) is 12.3. The van der Waals surface area contributed by atoms with E-state index in [0.29, 0.717) is 37.3 Å². The molecule has 1 aromatic rings. The summed E-state index contributed by atoms with van der Waals surface area (Å²) in [5.41, 5.74) is 6.37. The highest BCUT2D eigenvalue weighted by atomic mass is 16.5. The highest BCUT2D eigenvalue weighted by Crippen LogP contribution is 2.21. The lowest BCUT2D eigenvalue weighted by atomic mass is 10.2. The van der Waals surface area contributed by atoms with Crippen molar-refractivity contribution in [2.75, 3.05) is 44.0 Å². The number of hydrogen-bond donors (Lipinski definition) is 3. The Balaban J connectivity index is 2.36. The van der Waals surface area contributed by atoms with Crippen LogP contribution < -0.4 is 15.8 Å². The second kappa shape index (κ2) is 9.39. The molecule has 0 atom stereocenters. The number of nitrogens with two attached hydrogens (primary N) is 1. The number of nitrogens with zero attached hydrogens (tertiary/aromatic N) is 1. The largest absolute Gasteiger partial charge is 0.476 e. The number of anilines is 2. The molecular weight excluding hydrogens is 258 g/mol. The standard InChI is InChI=1S/C14H25N3O3/c1-11(2)10-20-14-12(15)4-5-13(17-14)16-6-3-8-19-9-7-18/h4-5,11,18H,3,6-10,15H2,1-2H3,(H,16,17). The molecule has 0 aromatic carbocycles. The molecule has 1 heterocycles. The topological polar surface area (TPSA) is 89.6 Å². The third-order valence-electron chi connectivity index (χ3n) is 2.45. The number of hydrogen-bond acceptors (Lipinski definition) is 6. The summed E-state index contributed by atoms with van der Waals surface area (Å²) in [5.74, 6) is 1.64. The van der Waals surface area contributed by atoms with E-state index < -0.39 is 0 Å². The lowest BCUT2D eigenvalue weighted by Gasteiger charge is -2.12. The molecule has 0 saturated heterocycles. The van der Waals surface area contributed by atoms with Gasteiger partial charge in [-0.25, -0.2) is 0 Å². The fourth-order valence-electron chi connectivity index (χ4n) is 1.47. The van der Waals surface area contributed by atoms with E-state index in [0.717, 1.165) is 18.8 Å². The van der Waals surface area contributed by atoms with Gasteiger partial charge in [-0.2, -0.15) is 4.98 Å². The summed E-state index contributed by atoms with van der Waals surface area (Å²) in [4.78, 5) is 4.34. The molecule has 0 aliphatic heterocycles. The molecule has 0 amide bonds. The van der Waals surface area contributed by atoms with Crippen molar-refractivity contribution in [3.05, 3.63) is 12.1 Å². The van der Waals surface area contributed by atoms with Gasteiger partial charge >= 0.3 is 0 Å². The van der Waals surface area contributed by atoms with Crippen LogP contribution in [0.15, 0.2) is 12.1 Å². The summed E-state index contributed by atoms with van der Waals surface area (Å²) < 4.78 is 10.7. The maximum atomic E-state index is 8.57. The lowest BCUT2D eigenvalue weighted by molar-refractivity contribution is 0.0922. The van der Waals surface area contributed by atoms with E-state index in [1.807, 2.05) is 6.07 Å². The van der Waals surface area contributed by atoms with Crippen LogP contribution in [0.1, 0.15) is 20.3 Å². The summed E-state index contributed by atoms with van der Waals surface area (Å²) in [7, 11) is 0. The maximum Gasteiger partial charge on any atom is 0.239 e. The highest BCUT2D eigenvalue weighted by Gasteiger charge is 2.05. The Labute approximate surface area is 120 Å². The lowest BCUT2D eigenvalue weighted by Crippen LogP contribution is -2.11. The number of nitrogens with one attached hydrogen (secondary N) is 1. The molecule has 0 fully saturated rings. The molecule has 0 bridgehead atoms. The number of aliphatic hydroxyl groups is 1. The van der Waals surface area contributed by atoms with E-state index in [-0.39, 0.29) is 6.61 Å². The molecule has 6 nitrogen and oxygen atoms in total. The van der Waals surface area contributed by atoms with Crippen molar-refractivity contribution in [2.45, 2.75) is 20.3 Å². The Hall–Kier alpha value is -1.53. The first-order chi connectivity index (χ1) is 9.63. The van der Waals surface area contributed by atoms with Gasteiger partial charge in [-0.05, 0) is 24.5 Å². The molecular formula is C14H25N3O3. The van der Waals surface area contributed by atoms with Gasteiger partial charge in [0, 0.05) is 13.2 Å². The number of aliphatic hydroxyl groups excluding tert-OH is 1. The Morgan fingerprint density at radius 3 is 2.85 bits per heavy atom. The first-order valence-corrected chi connectivity index (χ1v) is 6.95. The van der Waals surface area contributed by atoms with Crippen LogP contribution >= 0.6 is 0 Å². The van der Waals surface area contributed by atoms with E-state index in [9.17, 15) is 0 Å². The maximum absolute atomic E-state index is 8.57. The van der Waals surface area contributed by atoms with E-state index in [1.54, 1.807) is 6.07 Å². The fraction of sp³-hybridized carbons (Fsp3) is 0.643. The van der Waals surface area contributed by atoms with Crippen LogP contribution in [0.25, 0.3) is 0 Å². The summed E-state index contributed by atoms with van der Waals surface area (Å²) in [6.07, 6.45) is 0.842. The predicted octanol–water partition coefficient (Wildman–Crippen LogP) is 1.51.